The highest BCUT2D eigenvalue weighted by Crippen LogP contribution is 2.25. The summed E-state index contributed by atoms with van der Waals surface area (Å²) in [4.78, 5) is 44.4. The van der Waals surface area contributed by atoms with E-state index < -0.39 is 11.6 Å². The number of hydrogen-bond donors (Lipinski definition) is 2. The van der Waals surface area contributed by atoms with Crippen LogP contribution in [0.5, 0.6) is 0 Å². The van der Waals surface area contributed by atoms with Gasteiger partial charge in [-0.05, 0) is 38.0 Å². The van der Waals surface area contributed by atoms with E-state index in [0.717, 1.165) is 6.42 Å². The van der Waals surface area contributed by atoms with E-state index >= 15 is 0 Å². The summed E-state index contributed by atoms with van der Waals surface area (Å²) in [6, 6.07) is 5.94. The highest BCUT2D eigenvalue weighted by molar-refractivity contribution is 7.13. The van der Waals surface area contributed by atoms with E-state index in [-0.39, 0.29) is 43.7 Å². The molecule has 2 N–H and O–H groups in total. The largest absolute Gasteiger partial charge is 0.383 e. The molecule has 2 rings (SSSR count). The zero-order valence-electron chi connectivity index (χ0n) is 19.4. The van der Waals surface area contributed by atoms with Crippen LogP contribution >= 0.6 is 22.9 Å². The third kappa shape index (κ3) is 8.42. The van der Waals surface area contributed by atoms with Crippen molar-refractivity contribution in [2.45, 2.75) is 51.6 Å². The Hall–Kier alpha value is -2.49. The molecule has 2 aromatic rings. The minimum absolute atomic E-state index is 0.0305. The van der Waals surface area contributed by atoms with Gasteiger partial charge in [0.25, 0.3) is 0 Å². The van der Waals surface area contributed by atoms with Crippen molar-refractivity contribution in [2.24, 2.45) is 0 Å². The first-order valence-electron chi connectivity index (χ1n) is 10.7. The number of aromatic nitrogens is 1. The first kappa shape index (κ1) is 26.8. The van der Waals surface area contributed by atoms with Crippen molar-refractivity contribution in [3.05, 3.63) is 46.4 Å². The maximum atomic E-state index is 13.4. The lowest BCUT2D eigenvalue weighted by atomic mass is 9.98. The number of thiazole rings is 1. The van der Waals surface area contributed by atoms with Gasteiger partial charge in [0.1, 0.15) is 6.04 Å². The molecule has 0 aliphatic carbocycles. The zero-order chi connectivity index (χ0) is 24.4. The van der Waals surface area contributed by atoms with Crippen molar-refractivity contribution in [3.63, 3.8) is 0 Å². The minimum Gasteiger partial charge on any atom is -0.383 e. The van der Waals surface area contributed by atoms with E-state index in [9.17, 15) is 14.4 Å². The normalized spacial score (nSPS) is 12.2. The molecule has 0 unspecified atom stereocenters. The molecule has 1 heterocycles. The minimum atomic E-state index is -0.891. The van der Waals surface area contributed by atoms with E-state index in [0.29, 0.717) is 15.7 Å². The van der Waals surface area contributed by atoms with Crippen LogP contribution in [-0.4, -0.2) is 53.4 Å². The molecule has 0 fully saturated rings. The summed E-state index contributed by atoms with van der Waals surface area (Å²) in [6.07, 6.45) is 2.22. The second kappa shape index (κ2) is 12.7. The Morgan fingerprint density at radius 3 is 2.48 bits per heavy atom. The Morgan fingerprint density at radius 2 is 1.91 bits per heavy atom. The van der Waals surface area contributed by atoms with Crippen LogP contribution in [0.2, 0.25) is 5.02 Å². The van der Waals surface area contributed by atoms with Crippen molar-refractivity contribution in [3.8, 4) is 0 Å². The van der Waals surface area contributed by atoms with Gasteiger partial charge in [0.05, 0.1) is 6.61 Å². The Kier molecular flexibility index (Phi) is 10.3. The van der Waals surface area contributed by atoms with Gasteiger partial charge in [-0.15, -0.1) is 11.3 Å². The van der Waals surface area contributed by atoms with Crippen molar-refractivity contribution >= 4 is 45.8 Å². The molecule has 0 bridgehead atoms. The summed E-state index contributed by atoms with van der Waals surface area (Å²) in [5.74, 6) is -0.948. The fraction of sp³-hybridized carbons (Fsp3) is 0.478. The summed E-state index contributed by atoms with van der Waals surface area (Å²) in [7, 11) is 1.53. The highest BCUT2D eigenvalue weighted by Gasteiger charge is 2.33. The first-order chi connectivity index (χ1) is 15.7. The summed E-state index contributed by atoms with van der Waals surface area (Å²) in [5, 5.41) is 8.45. The van der Waals surface area contributed by atoms with Gasteiger partial charge in [-0.2, -0.15) is 0 Å². The Morgan fingerprint density at radius 1 is 1.21 bits per heavy atom. The Labute approximate surface area is 203 Å². The number of halogens is 1. The lowest BCUT2D eigenvalue weighted by Gasteiger charge is -2.34. The third-order valence-electron chi connectivity index (χ3n) is 5.19. The molecule has 0 saturated carbocycles. The second-order valence-corrected chi connectivity index (χ2v) is 9.48. The van der Waals surface area contributed by atoms with Crippen LogP contribution < -0.4 is 10.6 Å². The molecule has 0 spiro atoms. The lowest BCUT2D eigenvalue weighted by Crippen LogP contribution is -2.51. The van der Waals surface area contributed by atoms with Gasteiger partial charge in [-0.1, -0.05) is 30.7 Å². The summed E-state index contributed by atoms with van der Waals surface area (Å²) in [6.45, 7) is 6.26. The molecule has 8 nitrogen and oxygen atoms in total. The number of rotatable bonds is 12. The molecule has 3 amide bonds. The van der Waals surface area contributed by atoms with E-state index in [1.54, 1.807) is 35.8 Å². The Balaban J connectivity index is 2.25. The average Bonchev–Trinajstić information content (AvgIpc) is 3.28. The fourth-order valence-corrected chi connectivity index (χ4v) is 3.70. The molecule has 0 radical (unpaired) electrons. The molecule has 0 aliphatic heterocycles. The number of ether oxygens (including phenoxy) is 1. The molecule has 0 saturated heterocycles. The van der Waals surface area contributed by atoms with Crippen molar-refractivity contribution < 1.29 is 19.1 Å². The quantitative estimate of drug-likeness (QED) is 0.464. The number of benzene rings is 1. The van der Waals surface area contributed by atoms with Crippen LogP contribution in [0.1, 0.15) is 51.6 Å². The van der Waals surface area contributed by atoms with Crippen molar-refractivity contribution in [1.29, 1.82) is 0 Å². The van der Waals surface area contributed by atoms with Crippen LogP contribution in [0.4, 0.5) is 5.13 Å². The molecule has 1 aromatic carbocycles. The number of nitrogens with one attached hydrogen (secondary N) is 2. The van der Waals surface area contributed by atoms with Crippen molar-refractivity contribution in [2.75, 3.05) is 25.6 Å². The van der Waals surface area contributed by atoms with Crippen LogP contribution in [0.3, 0.4) is 0 Å². The molecule has 10 heteroatoms. The van der Waals surface area contributed by atoms with Crippen LogP contribution in [0, 0.1) is 0 Å². The molecule has 1 aromatic heterocycles. The van der Waals surface area contributed by atoms with Gasteiger partial charge in [-0.3, -0.25) is 14.4 Å². The van der Waals surface area contributed by atoms with E-state index in [1.165, 1.54) is 23.3 Å². The van der Waals surface area contributed by atoms with Gasteiger partial charge < -0.3 is 20.3 Å². The van der Waals surface area contributed by atoms with Gasteiger partial charge >= 0.3 is 0 Å². The number of methoxy groups -OCH3 is 1. The number of carbonyl (C=O) groups excluding carboxylic acids is 3. The molecule has 0 aliphatic rings. The predicted octanol–water partition coefficient (Wildman–Crippen LogP) is 4.04. The van der Waals surface area contributed by atoms with Gasteiger partial charge in [0, 0.05) is 48.6 Å². The number of carbonyl (C=O) groups is 3. The Bertz CT molecular complexity index is 919. The van der Waals surface area contributed by atoms with Crippen molar-refractivity contribution in [1.82, 2.24) is 15.2 Å². The monoisotopic (exact) mass is 494 g/mol. The number of nitrogens with zero attached hydrogens (tertiary/aromatic N) is 2. The van der Waals surface area contributed by atoms with Crippen LogP contribution in [0.25, 0.3) is 0 Å². The smallest absolute Gasteiger partial charge is 0.247 e. The molecule has 180 valence electrons. The summed E-state index contributed by atoms with van der Waals surface area (Å²) in [5.41, 5.74) is 0.172. The number of hydrogen-bond acceptors (Lipinski definition) is 6. The fourth-order valence-electron chi connectivity index (χ4n) is 3.03. The van der Waals surface area contributed by atoms with E-state index in [1.807, 2.05) is 20.8 Å². The number of amides is 3. The average molecular weight is 495 g/mol. The molecular weight excluding hydrogens is 464 g/mol. The maximum Gasteiger partial charge on any atom is 0.247 e. The maximum absolute atomic E-state index is 13.4. The van der Waals surface area contributed by atoms with E-state index in [4.69, 9.17) is 16.3 Å². The molecule has 33 heavy (non-hydrogen) atoms. The predicted molar refractivity (Wildman–Crippen MR) is 130 cm³/mol. The van der Waals surface area contributed by atoms with Crippen LogP contribution in [-0.2, 0) is 19.1 Å². The zero-order valence-corrected chi connectivity index (χ0v) is 21.0. The molecule has 1 atom stereocenters. The highest BCUT2D eigenvalue weighted by atomic mass is 35.5. The standard InChI is InChI=1S/C23H31ClN4O4S/c1-5-23(2,3)27-21(31)20(16-6-8-17(24)9-7-16)28(13-14-32-4)19(30)11-10-18(29)26-22-25-12-15-33-22/h6-9,12,15,20H,5,10-11,13-14H2,1-4H3,(H,27,31)(H,25,26,29)/t20-/m0/s1. The number of anilines is 1. The van der Waals surface area contributed by atoms with Crippen LogP contribution in [0.15, 0.2) is 35.8 Å². The van der Waals surface area contributed by atoms with Gasteiger partial charge in [0.2, 0.25) is 17.7 Å². The van der Waals surface area contributed by atoms with Gasteiger partial charge in [-0.25, -0.2) is 4.98 Å². The topological polar surface area (TPSA) is 101 Å². The SMILES string of the molecule is CCC(C)(C)NC(=O)[C@H](c1ccc(Cl)cc1)N(CCOC)C(=O)CCC(=O)Nc1nccs1. The second-order valence-electron chi connectivity index (χ2n) is 8.15. The third-order valence-corrected chi connectivity index (χ3v) is 6.13. The summed E-state index contributed by atoms with van der Waals surface area (Å²) < 4.78 is 5.19. The summed E-state index contributed by atoms with van der Waals surface area (Å²) >= 11 is 7.34. The lowest BCUT2D eigenvalue weighted by molar-refractivity contribution is -0.142. The van der Waals surface area contributed by atoms with E-state index in [2.05, 4.69) is 15.6 Å². The van der Waals surface area contributed by atoms with Gasteiger partial charge in [0.15, 0.2) is 5.13 Å². The molecular formula is C23H31ClN4O4S. The first-order valence-corrected chi connectivity index (χ1v) is 12.0.